The molecule has 0 aliphatic heterocycles. The molecule has 0 N–H and O–H groups in total. The van der Waals surface area contributed by atoms with E-state index in [0.717, 1.165) is 11.4 Å². The maximum absolute atomic E-state index is 2.40. The zero-order chi connectivity index (χ0) is 35.5. The van der Waals surface area contributed by atoms with Gasteiger partial charge in [0.1, 0.15) is 0 Å². The van der Waals surface area contributed by atoms with Crippen LogP contribution in [0.3, 0.4) is 0 Å². The van der Waals surface area contributed by atoms with Gasteiger partial charge in [-0.15, -0.1) is 0 Å². The maximum Gasteiger partial charge on any atom is 0.0541 e. The Hall–Kier alpha value is -6.84. The van der Waals surface area contributed by atoms with Crippen LogP contribution in [-0.4, -0.2) is 9.13 Å². The van der Waals surface area contributed by atoms with E-state index in [1.807, 2.05) is 0 Å². The smallest absolute Gasteiger partial charge is 0.0541 e. The normalized spacial score (nSPS) is 11.6. The van der Waals surface area contributed by atoms with Crippen LogP contribution in [0.1, 0.15) is 11.1 Å². The van der Waals surface area contributed by atoms with Crippen molar-refractivity contribution in [3.05, 3.63) is 199 Å². The van der Waals surface area contributed by atoms with Gasteiger partial charge in [-0.3, -0.25) is 0 Å². The Bertz CT molecular complexity index is 2920. The first-order valence-electron chi connectivity index (χ1n) is 18.3. The Morgan fingerprint density at radius 1 is 0.340 bits per heavy atom. The number of aromatic nitrogens is 2. The Morgan fingerprint density at radius 2 is 0.755 bits per heavy atom. The summed E-state index contributed by atoms with van der Waals surface area (Å²) in [6, 6.07) is 68.3. The van der Waals surface area contributed by atoms with Crippen molar-refractivity contribution in [2.45, 2.75) is 13.8 Å². The molecular formula is C50H37N3. The number of fused-ring (bicyclic) bond motifs is 6. The van der Waals surface area contributed by atoms with Crippen LogP contribution in [0.2, 0.25) is 0 Å². The van der Waals surface area contributed by atoms with Crippen LogP contribution in [0.4, 0.5) is 17.1 Å². The fourth-order valence-electron chi connectivity index (χ4n) is 8.23. The first kappa shape index (κ1) is 30.9. The number of hydrogen-bond donors (Lipinski definition) is 0. The minimum atomic E-state index is 1.13. The van der Waals surface area contributed by atoms with Crippen molar-refractivity contribution in [1.29, 1.82) is 0 Å². The lowest BCUT2D eigenvalue weighted by Crippen LogP contribution is -2.12. The highest BCUT2D eigenvalue weighted by atomic mass is 15.1. The summed E-state index contributed by atoms with van der Waals surface area (Å²) in [5, 5.41) is 5.01. The molecule has 0 fully saturated rings. The van der Waals surface area contributed by atoms with Crippen molar-refractivity contribution in [3.8, 4) is 22.5 Å². The topological polar surface area (TPSA) is 13.1 Å². The Morgan fingerprint density at radius 3 is 1.26 bits per heavy atom. The van der Waals surface area contributed by atoms with Gasteiger partial charge in [-0.25, -0.2) is 0 Å². The van der Waals surface area contributed by atoms with Crippen LogP contribution in [0, 0.1) is 13.8 Å². The van der Waals surface area contributed by atoms with Gasteiger partial charge in [0, 0.05) is 50.0 Å². The second kappa shape index (κ2) is 12.4. The molecule has 0 saturated heterocycles. The molecule has 3 nitrogen and oxygen atoms in total. The van der Waals surface area contributed by atoms with Crippen LogP contribution >= 0.6 is 0 Å². The summed E-state index contributed by atoms with van der Waals surface area (Å²) in [5.74, 6) is 0. The molecule has 0 bridgehead atoms. The molecule has 0 amide bonds. The lowest BCUT2D eigenvalue weighted by Gasteiger charge is -2.28. The van der Waals surface area contributed by atoms with E-state index in [2.05, 4.69) is 216 Å². The van der Waals surface area contributed by atoms with Crippen LogP contribution in [0.15, 0.2) is 188 Å². The van der Waals surface area contributed by atoms with E-state index < -0.39 is 0 Å². The average molecular weight is 680 g/mol. The van der Waals surface area contributed by atoms with E-state index in [1.54, 1.807) is 0 Å². The molecule has 0 aliphatic rings. The summed E-state index contributed by atoms with van der Waals surface area (Å²) in [4.78, 5) is 2.38. The first-order valence-corrected chi connectivity index (χ1v) is 18.3. The third-order valence-electron chi connectivity index (χ3n) is 10.8. The lowest BCUT2D eigenvalue weighted by molar-refractivity contribution is 1.17. The van der Waals surface area contributed by atoms with E-state index in [9.17, 15) is 0 Å². The van der Waals surface area contributed by atoms with Gasteiger partial charge in [0.05, 0.1) is 22.1 Å². The molecule has 0 unspecified atom stereocenters. The molecule has 0 atom stereocenters. The standard InChI is InChI=1S/C50H37N3/c1-34-14-6-10-20-45(34)51(46-21-11-7-15-35(46)2)39-26-28-40(29-27-39)53-48-23-13-9-19-42(48)44-33-37(25-31-50(44)53)36-24-30-49-43(32-36)41-18-8-12-22-47(41)52(49)38-16-4-3-5-17-38/h3-33H,1-2H3. The van der Waals surface area contributed by atoms with Crippen molar-refractivity contribution < 1.29 is 0 Å². The number of anilines is 3. The van der Waals surface area contributed by atoms with Gasteiger partial charge < -0.3 is 14.0 Å². The average Bonchev–Trinajstić information content (AvgIpc) is 3.72. The fourth-order valence-corrected chi connectivity index (χ4v) is 8.23. The van der Waals surface area contributed by atoms with Crippen molar-refractivity contribution >= 4 is 60.7 Å². The highest BCUT2D eigenvalue weighted by molar-refractivity contribution is 6.12. The molecule has 10 rings (SSSR count). The van der Waals surface area contributed by atoms with E-state index in [-0.39, 0.29) is 0 Å². The maximum atomic E-state index is 2.40. The van der Waals surface area contributed by atoms with Crippen LogP contribution < -0.4 is 4.90 Å². The summed E-state index contributed by atoms with van der Waals surface area (Å²) in [6.07, 6.45) is 0. The molecule has 0 aliphatic carbocycles. The van der Waals surface area contributed by atoms with Gasteiger partial charge in [-0.2, -0.15) is 0 Å². The second-order valence-electron chi connectivity index (χ2n) is 13.9. The van der Waals surface area contributed by atoms with Crippen molar-refractivity contribution in [3.63, 3.8) is 0 Å². The van der Waals surface area contributed by atoms with Crippen molar-refractivity contribution in [2.24, 2.45) is 0 Å². The predicted octanol–water partition coefficient (Wildman–Crippen LogP) is 13.6. The van der Waals surface area contributed by atoms with Crippen LogP contribution in [0.25, 0.3) is 66.1 Å². The van der Waals surface area contributed by atoms with Crippen LogP contribution in [0.5, 0.6) is 0 Å². The number of aryl methyl sites for hydroxylation is 2. The largest absolute Gasteiger partial charge is 0.310 e. The van der Waals surface area contributed by atoms with Gasteiger partial charge in [-0.05, 0) is 121 Å². The van der Waals surface area contributed by atoms with Crippen molar-refractivity contribution in [2.75, 3.05) is 4.90 Å². The van der Waals surface area contributed by atoms with Crippen molar-refractivity contribution in [1.82, 2.24) is 9.13 Å². The number of nitrogens with zero attached hydrogens (tertiary/aromatic N) is 3. The molecule has 0 saturated carbocycles. The van der Waals surface area contributed by atoms with Gasteiger partial charge in [0.25, 0.3) is 0 Å². The monoisotopic (exact) mass is 679 g/mol. The fraction of sp³-hybridized carbons (Fsp3) is 0.0400. The molecular weight excluding hydrogens is 643 g/mol. The summed E-state index contributed by atoms with van der Waals surface area (Å²) < 4.78 is 4.78. The molecule has 252 valence electrons. The van der Waals surface area contributed by atoms with E-state index in [4.69, 9.17) is 0 Å². The Balaban J connectivity index is 1.09. The molecule has 8 aromatic carbocycles. The van der Waals surface area contributed by atoms with Gasteiger partial charge in [0.15, 0.2) is 0 Å². The minimum absolute atomic E-state index is 1.13. The first-order chi connectivity index (χ1) is 26.1. The third kappa shape index (κ3) is 5.04. The lowest BCUT2D eigenvalue weighted by atomic mass is 10.0. The van der Waals surface area contributed by atoms with Gasteiger partial charge >= 0.3 is 0 Å². The molecule has 0 radical (unpaired) electrons. The molecule has 2 aromatic heterocycles. The number of benzene rings is 8. The van der Waals surface area contributed by atoms with Gasteiger partial charge in [-0.1, -0.05) is 103 Å². The van der Waals surface area contributed by atoms with E-state index in [1.165, 1.54) is 82.9 Å². The Labute approximate surface area is 309 Å². The molecule has 53 heavy (non-hydrogen) atoms. The summed E-state index contributed by atoms with van der Waals surface area (Å²) in [6.45, 7) is 4.37. The highest BCUT2D eigenvalue weighted by Gasteiger charge is 2.19. The Kier molecular flexibility index (Phi) is 7.26. The quantitative estimate of drug-likeness (QED) is 0.170. The summed E-state index contributed by atoms with van der Waals surface area (Å²) in [7, 11) is 0. The number of hydrogen-bond acceptors (Lipinski definition) is 1. The van der Waals surface area contributed by atoms with E-state index in [0.29, 0.717) is 0 Å². The molecule has 0 spiro atoms. The highest BCUT2D eigenvalue weighted by Crippen LogP contribution is 2.41. The molecule has 2 heterocycles. The number of rotatable bonds is 6. The van der Waals surface area contributed by atoms with Gasteiger partial charge in [0.2, 0.25) is 0 Å². The molecule has 3 heteroatoms. The summed E-state index contributed by atoms with van der Waals surface area (Å²) >= 11 is 0. The minimum Gasteiger partial charge on any atom is -0.310 e. The molecule has 10 aromatic rings. The second-order valence-corrected chi connectivity index (χ2v) is 13.9. The van der Waals surface area contributed by atoms with E-state index >= 15 is 0 Å². The predicted molar refractivity (Wildman–Crippen MR) is 225 cm³/mol. The summed E-state index contributed by atoms with van der Waals surface area (Å²) in [5.41, 5.74) is 15.5. The SMILES string of the molecule is Cc1ccccc1N(c1ccc(-n2c3ccccc3c3cc(-c4ccc5c(c4)c4ccccc4n5-c4ccccc4)ccc32)cc1)c1ccccc1C. The zero-order valence-corrected chi connectivity index (χ0v) is 29.7. The number of para-hydroxylation sites is 5. The van der Waals surface area contributed by atoms with Crippen LogP contribution in [-0.2, 0) is 0 Å². The zero-order valence-electron chi connectivity index (χ0n) is 29.7. The third-order valence-corrected chi connectivity index (χ3v) is 10.8.